The van der Waals surface area contributed by atoms with Crippen LogP contribution >= 0.6 is 0 Å². The molecule has 0 heterocycles. The molecule has 1 aliphatic rings. The second-order valence-electron chi connectivity index (χ2n) is 7.18. The zero-order valence-corrected chi connectivity index (χ0v) is 12.0. The normalized spacial score (nSPS) is 18.9. The Bertz CT molecular complexity index is 274. The first kappa shape index (κ1) is 14.5. The van der Waals surface area contributed by atoms with Crippen molar-refractivity contribution in [2.75, 3.05) is 6.54 Å². The Kier molecular flexibility index (Phi) is 4.23. The van der Waals surface area contributed by atoms with Gasteiger partial charge in [-0.2, -0.15) is 0 Å². The number of amides is 1. The Balaban J connectivity index is 2.54. The van der Waals surface area contributed by atoms with Crippen LogP contribution in [0.15, 0.2) is 0 Å². The summed E-state index contributed by atoms with van der Waals surface area (Å²) >= 11 is 0. The fourth-order valence-electron chi connectivity index (χ4n) is 2.35. The van der Waals surface area contributed by atoms with Crippen molar-refractivity contribution < 1.29 is 4.79 Å². The third-order valence-corrected chi connectivity index (χ3v) is 3.56. The van der Waals surface area contributed by atoms with Gasteiger partial charge in [-0.05, 0) is 44.4 Å². The van der Waals surface area contributed by atoms with Gasteiger partial charge in [0.15, 0.2) is 0 Å². The molecule has 1 fully saturated rings. The summed E-state index contributed by atoms with van der Waals surface area (Å²) in [6.45, 7) is 11.1. The lowest BCUT2D eigenvalue weighted by molar-refractivity contribution is -0.127. The van der Waals surface area contributed by atoms with E-state index in [1.807, 2.05) is 0 Å². The lowest BCUT2D eigenvalue weighted by atomic mass is 9.83. The molecule has 1 amide bonds. The first-order valence-electron chi connectivity index (χ1n) is 6.68. The lowest BCUT2D eigenvalue weighted by Crippen LogP contribution is -2.49. The van der Waals surface area contributed by atoms with E-state index in [0.717, 1.165) is 6.42 Å². The van der Waals surface area contributed by atoms with Crippen LogP contribution in [0.4, 0.5) is 0 Å². The summed E-state index contributed by atoms with van der Waals surface area (Å²) in [4.78, 5) is 12.2. The van der Waals surface area contributed by atoms with E-state index in [2.05, 4.69) is 39.9 Å². The molecule has 3 nitrogen and oxygen atoms in total. The van der Waals surface area contributed by atoms with E-state index in [1.54, 1.807) is 0 Å². The molecule has 17 heavy (non-hydrogen) atoms. The van der Waals surface area contributed by atoms with E-state index < -0.39 is 0 Å². The van der Waals surface area contributed by atoms with Crippen LogP contribution in [0.5, 0.6) is 0 Å². The first-order valence-corrected chi connectivity index (χ1v) is 6.68. The van der Waals surface area contributed by atoms with Crippen molar-refractivity contribution in [3.8, 4) is 0 Å². The van der Waals surface area contributed by atoms with Crippen molar-refractivity contribution in [2.45, 2.75) is 59.4 Å². The standard InChI is InChI=1S/C14H28N2O/c1-13(2,3)8-10(9-15)12(17)16-14(4,5)11-6-7-11/h10-11H,6-9,15H2,1-5H3,(H,16,17). The average molecular weight is 240 g/mol. The molecule has 0 radical (unpaired) electrons. The number of carbonyl (C=O) groups excluding carboxylic acids is 1. The quantitative estimate of drug-likeness (QED) is 0.774. The summed E-state index contributed by atoms with van der Waals surface area (Å²) in [7, 11) is 0. The summed E-state index contributed by atoms with van der Waals surface area (Å²) in [5, 5.41) is 3.17. The van der Waals surface area contributed by atoms with E-state index in [-0.39, 0.29) is 22.8 Å². The SMILES string of the molecule is CC(C)(C)CC(CN)C(=O)NC(C)(C)C1CC1. The summed E-state index contributed by atoms with van der Waals surface area (Å²) in [5.74, 6) is 0.715. The number of nitrogens with one attached hydrogen (secondary N) is 1. The average Bonchev–Trinajstić information content (AvgIpc) is 2.94. The minimum Gasteiger partial charge on any atom is -0.351 e. The van der Waals surface area contributed by atoms with Gasteiger partial charge < -0.3 is 11.1 Å². The second-order valence-corrected chi connectivity index (χ2v) is 7.18. The summed E-state index contributed by atoms with van der Waals surface area (Å²) in [6.07, 6.45) is 3.32. The maximum Gasteiger partial charge on any atom is 0.224 e. The maximum absolute atomic E-state index is 12.2. The van der Waals surface area contributed by atoms with Gasteiger partial charge >= 0.3 is 0 Å². The van der Waals surface area contributed by atoms with Gasteiger partial charge in [-0.3, -0.25) is 4.79 Å². The minimum absolute atomic E-state index is 0.0620. The molecular formula is C14H28N2O. The van der Waals surface area contributed by atoms with Gasteiger partial charge in [0, 0.05) is 12.1 Å². The van der Waals surface area contributed by atoms with E-state index >= 15 is 0 Å². The highest BCUT2D eigenvalue weighted by Gasteiger charge is 2.39. The van der Waals surface area contributed by atoms with Crippen LogP contribution in [0.3, 0.4) is 0 Å². The smallest absolute Gasteiger partial charge is 0.224 e. The highest BCUT2D eigenvalue weighted by Crippen LogP contribution is 2.39. The van der Waals surface area contributed by atoms with Crippen molar-refractivity contribution >= 4 is 5.91 Å². The van der Waals surface area contributed by atoms with Gasteiger partial charge in [0.05, 0.1) is 5.92 Å². The van der Waals surface area contributed by atoms with Crippen LogP contribution in [0.2, 0.25) is 0 Å². The highest BCUT2D eigenvalue weighted by atomic mass is 16.2. The molecule has 1 atom stereocenters. The van der Waals surface area contributed by atoms with Gasteiger partial charge in [0.1, 0.15) is 0 Å². The lowest BCUT2D eigenvalue weighted by Gasteiger charge is -2.31. The van der Waals surface area contributed by atoms with Crippen LogP contribution in [-0.2, 0) is 4.79 Å². The predicted molar refractivity (Wildman–Crippen MR) is 71.6 cm³/mol. The predicted octanol–water partition coefficient (Wildman–Crippen LogP) is 2.30. The topological polar surface area (TPSA) is 55.1 Å². The van der Waals surface area contributed by atoms with Gasteiger partial charge in [-0.25, -0.2) is 0 Å². The van der Waals surface area contributed by atoms with Crippen LogP contribution in [0.25, 0.3) is 0 Å². The number of nitrogens with two attached hydrogens (primary N) is 1. The molecule has 1 unspecified atom stereocenters. The van der Waals surface area contributed by atoms with Crippen LogP contribution in [0, 0.1) is 17.3 Å². The number of rotatable bonds is 5. The summed E-state index contributed by atoms with van der Waals surface area (Å²) in [6, 6.07) is 0. The fourth-order valence-corrected chi connectivity index (χ4v) is 2.35. The van der Waals surface area contributed by atoms with Gasteiger partial charge in [0.25, 0.3) is 0 Å². The van der Waals surface area contributed by atoms with Crippen LogP contribution in [0.1, 0.15) is 53.9 Å². The molecule has 0 aromatic rings. The zero-order valence-electron chi connectivity index (χ0n) is 12.0. The fraction of sp³-hybridized carbons (Fsp3) is 0.929. The molecule has 100 valence electrons. The molecule has 0 bridgehead atoms. The molecule has 3 heteroatoms. The third kappa shape index (κ3) is 4.66. The molecule has 0 spiro atoms. The van der Waals surface area contributed by atoms with E-state index in [9.17, 15) is 4.79 Å². The van der Waals surface area contributed by atoms with Crippen molar-refractivity contribution in [3.63, 3.8) is 0 Å². The molecule has 0 aromatic carbocycles. The largest absolute Gasteiger partial charge is 0.351 e. The number of hydrogen-bond acceptors (Lipinski definition) is 2. The summed E-state index contributed by atoms with van der Waals surface area (Å²) in [5.41, 5.74) is 5.81. The van der Waals surface area contributed by atoms with Crippen molar-refractivity contribution in [1.82, 2.24) is 5.32 Å². The molecule has 1 saturated carbocycles. The minimum atomic E-state index is -0.0671. The van der Waals surface area contributed by atoms with E-state index in [0.29, 0.717) is 12.5 Å². The molecule has 1 aliphatic carbocycles. The monoisotopic (exact) mass is 240 g/mol. The van der Waals surface area contributed by atoms with Gasteiger partial charge in [-0.15, -0.1) is 0 Å². The van der Waals surface area contributed by atoms with Gasteiger partial charge in [0.2, 0.25) is 5.91 Å². The Morgan fingerprint density at radius 1 is 1.29 bits per heavy atom. The molecule has 0 aliphatic heterocycles. The Morgan fingerprint density at radius 3 is 2.18 bits per heavy atom. The Labute approximate surface area is 106 Å². The number of hydrogen-bond donors (Lipinski definition) is 2. The third-order valence-electron chi connectivity index (χ3n) is 3.56. The number of carbonyl (C=O) groups is 1. The zero-order chi connectivity index (χ0) is 13.3. The maximum atomic E-state index is 12.2. The molecular weight excluding hydrogens is 212 g/mol. The van der Waals surface area contributed by atoms with E-state index in [1.165, 1.54) is 12.8 Å². The van der Waals surface area contributed by atoms with Crippen molar-refractivity contribution in [2.24, 2.45) is 23.0 Å². The van der Waals surface area contributed by atoms with Crippen molar-refractivity contribution in [1.29, 1.82) is 0 Å². The first-order chi connectivity index (χ1) is 7.65. The van der Waals surface area contributed by atoms with Crippen LogP contribution < -0.4 is 11.1 Å². The molecule has 0 saturated heterocycles. The van der Waals surface area contributed by atoms with Gasteiger partial charge in [-0.1, -0.05) is 20.8 Å². The summed E-state index contributed by atoms with van der Waals surface area (Å²) < 4.78 is 0. The molecule has 1 rings (SSSR count). The Morgan fingerprint density at radius 2 is 1.82 bits per heavy atom. The Hall–Kier alpha value is -0.570. The van der Waals surface area contributed by atoms with E-state index in [4.69, 9.17) is 5.73 Å². The van der Waals surface area contributed by atoms with Crippen molar-refractivity contribution in [3.05, 3.63) is 0 Å². The molecule has 3 N–H and O–H groups in total. The molecule has 0 aromatic heterocycles. The second kappa shape index (κ2) is 4.97. The highest BCUT2D eigenvalue weighted by molar-refractivity contribution is 5.79. The van der Waals surface area contributed by atoms with Crippen LogP contribution in [-0.4, -0.2) is 18.0 Å².